The number of carbonyl (C=O) groups is 5. The van der Waals surface area contributed by atoms with Crippen LogP contribution >= 0.6 is 0 Å². The Labute approximate surface area is 481 Å². The van der Waals surface area contributed by atoms with Gasteiger partial charge in [-0.3, -0.25) is 0 Å². The largest absolute Gasteiger partial charge is 0.478 e. The molecule has 8 aliphatic rings. The predicted molar refractivity (Wildman–Crippen MR) is 320 cm³/mol. The first kappa shape index (κ1) is 45.6. The molecule has 3 fully saturated rings. The Morgan fingerprint density at radius 3 is 0.953 bits per heavy atom. The van der Waals surface area contributed by atoms with E-state index in [0.29, 0.717) is 12.8 Å². The van der Waals surface area contributed by atoms with E-state index in [2.05, 4.69) is 72.8 Å². The van der Waals surface area contributed by atoms with Gasteiger partial charge in [0.1, 0.15) is 0 Å². The molecule has 0 aliphatic heterocycles. The van der Waals surface area contributed by atoms with Gasteiger partial charge in [0.25, 0.3) is 0 Å². The topological polar surface area (TPSA) is 186 Å². The van der Waals surface area contributed by atoms with Crippen molar-refractivity contribution in [1.29, 1.82) is 0 Å². The summed E-state index contributed by atoms with van der Waals surface area (Å²) in [6.45, 7) is 0. The molecular weight excluding hydrogens is 1060 g/mol. The monoisotopic (exact) mass is 1100 g/mol. The lowest BCUT2D eigenvalue weighted by molar-refractivity contribution is 0.0334. The third-order valence-electron chi connectivity index (χ3n) is 24.5. The second kappa shape index (κ2) is 14.0. The van der Waals surface area contributed by atoms with Crippen molar-refractivity contribution >= 4 is 105 Å². The average Bonchev–Trinajstić information content (AvgIpc) is 1.42. The second-order valence-electron chi connectivity index (χ2n) is 26.4. The molecule has 0 bridgehead atoms. The molecule has 0 saturated heterocycles. The predicted octanol–water partition coefficient (Wildman–Crippen LogP) is 14.9. The third kappa shape index (κ3) is 4.42. The molecule has 5 N–H and O–H groups in total. The van der Waals surface area contributed by atoms with Gasteiger partial charge in [-0.2, -0.15) is 0 Å². The highest BCUT2D eigenvalue weighted by atomic mass is 16.4. The number of benzene rings is 11. The molecule has 3 saturated carbocycles. The van der Waals surface area contributed by atoms with Crippen LogP contribution in [0.5, 0.6) is 0 Å². The molecule has 0 spiro atoms. The Bertz CT molecular complexity index is 5090. The van der Waals surface area contributed by atoms with E-state index in [0.717, 1.165) is 27.8 Å². The Kier molecular flexibility index (Phi) is 7.51. The van der Waals surface area contributed by atoms with E-state index in [9.17, 15) is 49.5 Å². The first-order chi connectivity index (χ1) is 41.3. The fourth-order valence-corrected chi connectivity index (χ4v) is 22.7. The highest BCUT2D eigenvalue weighted by Gasteiger charge is 2.83. The number of carboxylic acids is 5. The smallest absolute Gasteiger partial charge is 0.335 e. The summed E-state index contributed by atoms with van der Waals surface area (Å²) in [5.74, 6) is -6.77. The fraction of sp³-hybridized carbons (Fsp3) is 0.187. The Morgan fingerprint density at radius 2 is 0.612 bits per heavy atom. The lowest BCUT2D eigenvalue weighted by atomic mass is 9.36. The third-order valence-corrected chi connectivity index (χ3v) is 24.5. The number of fused-ring (bicyclic) bond motifs is 5. The van der Waals surface area contributed by atoms with Gasteiger partial charge in [-0.15, -0.1) is 0 Å². The average molecular weight is 1110 g/mol. The zero-order chi connectivity index (χ0) is 56.7. The van der Waals surface area contributed by atoms with Crippen molar-refractivity contribution < 1.29 is 49.5 Å². The van der Waals surface area contributed by atoms with Crippen LogP contribution in [-0.4, -0.2) is 55.4 Å². The van der Waals surface area contributed by atoms with Crippen molar-refractivity contribution in [1.82, 2.24) is 0 Å². The summed E-state index contributed by atoms with van der Waals surface area (Å²) in [6, 6.07) is 52.8. The highest BCUT2D eigenvalue weighted by Crippen LogP contribution is 2.90. The molecule has 0 amide bonds. The van der Waals surface area contributed by atoms with E-state index in [4.69, 9.17) is 0 Å². The van der Waals surface area contributed by atoms with Crippen molar-refractivity contribution in [2.75, 3.05) is 0 Å². The maximum atomic E-state index is 13.1. The molecule has 21 rings (SSSR count). The molecule has 9 unspecified atom stereocenters. The van der Waals surface area contributed by atoms with Crippen molar-refractivity contribution in [2.24, 2.45) is 29.6 Å². The molecule has 10 heteroatoms. The highest BCUT2D eigenvalue weighted by molar-refractivity contribution is 6.54. The van der Waals surface area contributed by atoms with Crippen LogP contribution < -0.4 is 0 Å². The normalized spacial score (nSPS) is 28.9. The molecule has 13 aromatic carbocycles. The van der Waals surface area contributed by atoms with E-state index >= 15 is 0 Å². The Hall–Kier alpha value is -9.93. The van der Waals surface area contributed by atoms with Gasteiger partial charge in [-0.25, -0.2) is 24.0 Å². The number of rotatable bonds is 10. The van der Waals surface area contributed by atoms with E-state index in [1.807, 2.05) is 24.3 Å². The Morgan fingerprint density at radius 1 is 0.306 bits per heavy atom. The minimum atomic E-state index is -1.02. The number of aromatic carboxylic acids is 5. The molecular formula is C75H44O10. The van der Waals surface area contributed by atoms with Crippen LogP contribution in [0, 0.1) is 29.6 Å². The van der Waals surface area contributed by atoms with Gasteiger partial charge in [0, 0.05) is 10.8 Å². The van der Waals surface area contributed by atoms with Crippen molar-refractivity contribution in [3.63, 3.8) is 0 Å². The lowest BCUT2D eigenvalue weighted by Crippen LogP contribution is -2.63. The molecule has 0 radical (unpaired) electrons. The summed E-state index contributed by atoms with van der Waals surface area (Å²) in [5.41, 5.74) is 11.4. The minimum Gasteiger partial charge on any atom is -0.478 e. The van der Waals surface area contributed by atoms with Crippen LogP contribution in [0.3, 0.4) is 0 Å². The summed E-state index contributed by atoms with van der Waals surface area (Å²) >= 11 is 0. The number of hydrogen-bond acceptors (Lipinski definition) is 5. The van der Waals surface area contributed by atoms with Crippen LogP contribution in [0.2, 0.25) is 0 Å². The van der Waals surface area contributed by atoms with Crippen LogP contribution in [0.4, 0.5) is 0 Å². The molecule has 13 aromatic rings. The van der Waals surface area contributed by atoms with E-state index in [-0.39, 0.29) is 81.1 Å². The minimum absolute atomic E-state index is 0.157. The molecule has 0 aromatic heterocycles. The quantitative estimate of drug-likeness (QED) is 0.0825. The van der Waals surface area contributed by atoms with E-state index in [1.165, 1.54) is 109 Å². The van der Waals surface area contributed by atoms with Gasteiger partial charge in [-0.05, 0) is 263 Å². The first-order valence-electron chi connectivity index (χ1n) is 29.5. The van der Waals surface area contributed by atoms with E-state index < -0.39 is 46.1 Å². The molecule has 10 nitrogen and oxygen atoms in total. The summed E-state index contributed by atoms with van der Waals surface area (Å²) in [6.07, 6.45) is 1.37. The van der Waals surface area contributed by atoms with Gasteiger partial charge in [0.05, 0.1) is 33.2 Å². The van der Waals surface area contributed by atoms with Crippen LogP contribution in [0.25, 0.3) is 75.4 Å². The van der Waals surface area contributed by atoms with Gasteiger partial charge < -0.3 is 25.5 Å². The number of hydrogen-bond donors (Lipinski definition) is 5. The van der Waals surface area contributed by atoms with Crippen molar-refractivity contribution in [3.05, 3.63) is 247 Å². The molecule has 0 heterocycles. The lowest BCUT2D eigenvalue weighted by Gasteiger charge is -2.65. The Balaban J connectivity index is 1.05. The van der Waals surface area contributed by atoms with Gasteiger partial charge >= 0.3 is 29.8 Å². The molecule has 85 heavy (non-hydrogen) atoms. The van der Waals surface area contributed by atoms with Crippen LogP contribution in [0.1, 0.15) is 150 Å². The zero-order valence-electron chi connectivity index (χ0n) is 44.9. The maximum absolute atomic E-state index is 13.1. The van der Waals surface area contributed by atoms with Crippen molar-refractivity contribution in [2.45, 2.75) is 52.8 Å². The summed E-state index contributed by atoms with van der Waals surface area (Å²) < 4.78 is 0. The fourth-order valence-electron chi connectivity index (χ4n) is 22.7. The molecule has 404 valence electrons. The standard InChI is InChI=1S/C75H44O10/c76-68(77)31-5-1-29(2-6-31)45-27-47-43-25-23-41-39-21-22-40-42-24-26-44-48-28-46(30-3-7-32(8-4-30)69(78)79)56-55(45)63-67-64(56)74(48,37-17-11-34(12-18-37)71(82)83)62-54(44)52(42)58-50(40)49(39)57-51(41)53(43)61(73(47,63)36-15-9-33(10-16-36)70(80)81)65-59(57)60(58)66(62)75(65,67)38-19-13-35(14-20-38)72(84)85/h1-26,45-48,55-56,63-64,67H,27-28H2,(H,76,77)(H,78,79)(H,80,81)(H,82,83)(H,84,85)/t45?,46?,47?,48?,55?,56?,63-,64+,67?,73?,74?,75-. The van der Waals surface area contributed by atoms with E-state index in [1.54, 1.807) is 60.7 Å². The van der Waals surface area contributed by atoms with Gasteiger partial charge in [0.2, 0.25) is 0 Å². The SMILES string of the molecule is O=C(O)c1ccc(C2CC3c4ccc5c6ccc7c8ccc9c%10c%11c%12c%13c%14c%15c(c4c5c%14c6c7c%13c%108)C3(c3ccc(C(=O)O)cc3)[C@@H]3C2C2C(c4ccc(C(=O)O)cc4)CC9C%11(c4ccc(C(=O)O)cc4)[C@@H]2C3[C@]%15%12c2ccc(C(=O)O)cc2)cc1. The first-order valence-corrected chi connectivity index (χ1v) is 29.5. The maximum Gasteiger partial charge on any atom is 0.335 e. The van der Waals surface area contributed by atoms with Gasteiger partial charge in [-0.1, -0.05) is 97.1 Å². The summed E-state index contributed by atoms with van der Waals surface area (Å²) in [5, 5.41) is 70.5. The second-order valence-corrected chi connectivity index (χ2v) is 26.4. The van der Waals surface area contributed by atoms with Gasteiger partial charge in [0.15, 0.2) is 0 Å². The number of carboxylic acid groups (broad SMARTS) is 5. The molecule has 12 atom stereocenters. The zero-order valence-corrected chi connectivity index (χ0v) is 44.9. The molecule has 8 aliphatic carbocycles. The summed E-state index contributed by atoms with van der Waals surface area (Å²) in [7, 11) is 0. The summed E-state index contributed by atoms with van der Waals surface area (Å²) in [4.78, 5) is 64.8. The van der Waals surface area contributed by atoms with Crippen LogP contribution in [-0.2, 0) is 16.2 Å². The van der Waals surface area contributed by atoms with Crippen LogP contribution in [0.15, 0.2) is 158 Å². The van der Waals surface area contributed by atoms with Crippen molar-refractivity contribution in [3.8, 4) is 0 Å².